The molecule has 25 heavy (non-hydrogen) atoms. The van der Waals surface area contributed by atoms with E-state index in [-0.39, 0.29) is 11.7 Å². The molecule has 136 valence electrons. The maximum Gasteiger partial charge on any atom is 0.306 e. The van der Waals surface area contributed by atoms with E-state index in [2.05, 4.69) is 0 Å². The van der Waals surface area contributed by atoms with E-state index < -0.39 is 10.1 Å². The Morgan fingerprint density at radius 1 is 1.20 bits per heavy atom. The van der Waals surface area contributed by atoms with Crippen LogP contribution in [0.5, 0.6) is 5.75 Å². The van der Waals surface area contributed by atoms with Crippen LogP contribution in [0.3, 0.4) is 0 Å². The summed E-state index contributed by atoms with van der Waals surface area (Å²) in [5.74, 6) is 0.226. The van der Waals surface area contributed by atoms with Crippen LogP contribution in [0, 0.1) is 0 Å². The summed E-state index contributed by atoms with van der Waals surface area (Å²) < 4.78 is 32.2. The third-order valence-corrected chi connectivity index (χ3v) is 4.69. The maximum absolute atomic E-state index is 12.7. The van der Waals surface area contributed by atoms with Gasteiger partial charge in [0, 0.05) is 26.8 Å². The second-order valence-electron chi connectivity index (χ2n) is 5.48. The Hall–Kier alpha value is -1.90. The monoisotopic (exact) mass is 383 g/mol. The number of hydrogen-bond donors (Lipinski definition) is 0. The summed E-state index contributed by atoms with van der Waals surface area (Å²) >= 11 is 1.41. The first-order valence-corrected chi connectivity index (χ1v) is 10.4. The van der Waals surface area contributed by atoms with E-state index in [9.17, 15) is 13.2 Å². The second-order valence-corrected chi connectivity index (χ2v) is 8.00. The van der Waals surface area contributed by atoms with Gasteiger partial charge in [0.2, 0.25) is 0 Å². The highest BCUT2D eigenvalue weighted by molar-refractivity contribution is 7.86. The normalized spacial score (nSPS) is 11.3. The van der Waals surface area contributed by atoms with Crippen molar-refractivity contribution in [3.8, 4) is 5.75 Å². The number of carbonyl (C=O) groups is 1. The Morgan fingerprint density at radius 3 is 2.48 bits per heavy atom. The van der Waals surface area contributed by atoms with Gasteiger partial charge in [0.1, 0.15) is 5.75 Å². The SMILES string of the molecule is COCCCN(Cc1ccc(OS(C)(=O)=O)cc1)C(=O)c1cccs1. The first kappa shape index (κ1) is 19.4. The van der Waals surface area contributed by atoms with Gasteiger partial charge in [-0.15, -0.1) is 11.3 Å². The standard InChI is InChI=1S/C17H21NO5S2/c1-22-11-4-10-18(17(19)16-5-3-12-24-16)13-14-6-8-15(9-7-14)23-25(2,20)21/h3,5-9,12H,4,10-11,13H2,1-2H3. The predicted octanol–water partition coefficient (Wildman–Crippen LogP) is 2.77. The van der Waals surface area contributed by atoms with Gasteiger partial charge in [-0.05, 0) is 35.6 Å². The van der Waals surface area contributed by atoms with Gasteiger partial charge in [-0.25, -0.2) is 0 Å². The van der Waals surface area contributed by atoms with Crippen molar-refractivity contribution in [2.24, 2.45) is 0 Å². The van der Waals surface area contributed by atoms with Crippen molar-refractivity contribution in [1.29, 1.82) is 0 Å². The van der Waals surface area contributed by atoms with E-state index in [1.54, 1.807) is 42.3 Å². The fourth-order valence-corrected chi connectivity index (χ4v) is 3.41. The molecule has 0 atom stereocenters. The highest BCUT2D eigenvalue weighted by Crippen LogP contribution is 2.18. The van der Waals surface area contributed by atoms with Crippen LogP contribution in [0.4, 0.5) is 0 Å². The minimum atomic E-state index is -3.55. The van der Waals surface area contributed by atoms with Gasteiger partial charge in [-0.1, -0.05) is 18.2 Å². The predicted molar refractivity (Wildman–Crippen MR) is 97.5 cm³/mol. The molecule has 1 heterocycles. The molecule has 0 saturated carbocycles. The smallest absolute Gasteiger partial charge is 0.306 e. The summed E-state index contributed by atoms with van der Waals surface area (Å²) in [7, 11) is -1.92. The molecule has 0 fully saturated rings. The Morgan fingerprint density at radius 2 is 1.92 bits per heavy atom. The molecule has 0 spiro atoms. The van der Waals surface area contributed by atoms with Crippen molar-refractivity contribution >= 4 is 27.4 Å². The molecule has 1 aromatic carbocycles. The van der Waals surface area contributed by atoms with Gasteiger partial charge in [-0.2, -0.15) is 8.42 Å². The fraction of sp³-hybridized carbons (Fsp3) is 0.353. The first-order chi connectivity index (χ1) is 11.9. The Labute approximate surface area is 152 Å². The number of hydrogen-bond acceptors (Lipinski definition) is 6. The zero-order valence-corrected chi connectivity index (χ0v) is 15.8. The summed E-state index contributed by atoms with van der Waals surface area (Å²) in [4.78, 5) is 15.1. The molecule has 0 saturated heterocycles. The van der Waals surface area contributed by atoms with E-state index in [1.807, 2.05) is 11.4 Å². The highest BCUT2D eigenvalue weighted by atomic mass is 32.2. The highest BCUT2D eigenvalue weighted by Gasteiger charge is 2.17. The molecule has 2 aromatic rings. The zero-order chi connectivity index (χ0) is 18.3. The van der Waals surface area contributed by atoms with Crippen molar-refractivity contribution in [3.63, 3.8) is 0 Å². The molecule has 0 unspecified atom stereocenters. The molecule has 0 radical (unpaired) electrons. The lowest BCUT2D eigenvalue weighted by atomic mass is 10.2. The van der Waals surface area contributed by atoms with Gasteiger partial charge < -0.3 is 13.8 Å². The molecule has 1 amide bonds. The number of nitrogens with zero attached hydrogens (tertiary/aromatic N) is 1. The van der Waals surface area contributed by atoms with Crippen molar-refractivity contribution in [3.05, 3.63) is 52.2 Å². The van der Waals surface area contributed by atoms with Crippen LogP contribution in [0.2, 0.25) is 0 Å². The molecule has 6 nitrogen and oxygen atoms in total. The van der Waals surface area contributed by atoms with E-state index >= 15 is 0 Å². The number of amides is 1. The average molecular weight is 383 g/mol. The lowest BCUT2D eigenvalue weighted by molar-refractivity contribution is 0.0728. The van der Waals surface area contributed by atoms with E-state index in [4.69, 9.17) is 8.92 Å². The van der Waals surface area contributed by atoms with Crippen LogP contribution in [-0.4, -0.2) is 45.7 Å². The van der Waals surface area contributed by atoms with Crippen LogP contribution in [-0.2, 0) is 21.4 Å². The summed E-state index contributed by atoms with van der Waals surface area (Å²) in [6, 6.07) is 10.3. The van der Waals surface area contributed by atoms with Crippen molar-refractivity contribution in [2.75, 3.05) is 26.5 Å². The van der Waals surface area contributed by atoms with Gasteiger partial charge >= 0.3 is 10.1 Å². The summed E-state index contributed by atoms with van der Waals surface area (Å²) in [6.45, 7) is 1.58. The minimum Gasteiger partial charge on any atom is -0.385 e. The number of benzene rings is 1. The lowest BCUT2D eigenvalue weighted by Gasteiger charge is -2.22. The third-order valence-electron chi connectivity index (χ3n) is 3.34. The summed E-state index contributed by atoms with van der Waals surface area (Å²) in [5.41, 5.74) is 0.892. The third kappa shape index (κ3) is 6.49. The van der Waals surface area contributed by atoms with Crippen LogP contribution in [0.15, 0.2) is 41.8 Å². The molecular formula is C17H21NO5S2. The molecule has 0 bridgehead atoms. The second kappa shape index (κ2) is 8.98. The Bertz CT molecular complexity index is 770. The molecular weight excluding hydrogens is 362 g/mol. The molecule has 8 heteroatoms. The van der Waals surface area contributed by atoms with Crippen molar-refractivity contribution in [1.82, 2.24) is 4.90 Å². The van der Waals surface area contributed by atoms with Gasteiger partial charge in [-0.3, -0.25) is 4.79 Å². The van der Waals surface area contributed by atoms with Gasteiger partial charge in [0.05, 0.1) is 11.1 Å². The molecule has 1 aromatic heterocycles. The van der Waals surface area contributed by atoms with E-state index in [0.29, 0.717) is 24.6 Å². The first-order valence-electron chi connectivity index (χ1n) is 7.69. The summed E-state index contributed by atoms with van der Waals surface area (Å²) in [6.07, 6.45) is 1.74. The zero-order valence-electron chi connectivity index (χ0n) is 14.2. The largest absolute Gasteiger partial charge is 0.385 e. The van der Waals surface area contributed by atoms with Crippen molar-refractivity contribution in [2.45, 2.75) is 13.0 Å². The topological polar surface area (TPSA) is 72.9 Å². The fourth-order valence-electron chi connectivity index (χ4n) is 2.25. The van der Waals surface area contributed by atoms with Gasteiger partial charge in [0.15, 0.2) is 0 Å². The average Bonchev–Trinajstić information content (AvgIpc) is 3.08. The number of thiophene rings is 1. The number of methoxy groups -OCH3 is 1. The van der Waals surface area contributed by atoms with E-state index in [1.165, 1.54) is 11.3 Å². The van der Waals surface area contributed by atoms with Crippen molar-refractivity contribution < 1.29 is 22.1 Å². The van der Waals surface area contributed by atoms with Gasteiger partial charge in [0.25, 0.3) is 5.91 Å². The molecule has 2 rings (SSSR count). The van der Waals surface area contributed by atoms with Crippen LogP contribution < -0.4 is 4.18 Å². The number of ether oxygens (including phenoxy) is 1. The lowest BCUT2D eigenvalue weighted by Crippen LogP contribution is -2.31. The van der Waals surface area contributed by atoms with Crippen LogP contribution in [0.1, 0.15) is 21.7 Å². The quantitative estimate of drug-likeness (QED) is 0.492. The van der Waals surface area contributed by atoms with Crippen LogP contribution >= 0.6 is 11.3 Å². The molecule has 0 aliphatic heterocycles. The number of rotatable bonds is 9. The van der Waals surface area contributed by atoms with E-state index in [0.717, 1.165) is 18.2 Å². The minimum absolute atomic E-state index is 0.0254. The summed E-state index contributed by atoms with van der Waals surface area (Å²) in [5, 5.41) is 1.87. The molecule has 0 N–H and O–H groups in total. The Balaban J connectivity index is 2.08. The maximum atomic E-state index is 12.7. The molecule has 0 aliphatic carbocycles. The Kier molecular flexibility index (Phi) is 6.98. The van der Waals surface area contributed by atoms with Crippen LogP contribution in [0.25, 0.3) is 0 Å². The number of carbonyl (C=O) groups excluding carboxylic acids is 1. The molecule has 0 aliphatic rings.